The molecule has 150 valence electrons. The maximum Gasteiger partial charge on any atom is 0.416 e. The van der Waals surface area contributed by atoms with Crippen molar-refractivity contribution in [1.82, 2.24) is 0 Å². The molecule has 0 aliphatic heterocycles. The molecule has 0 saturated carbocycles. The normalized spacial score (nSPS) is 11.2. The summed E-state index contributed by atoms with van der Waals surface area (Å²) in [6.07, 6.45) is -4.10. The van der Waals surface area contributed by atoms with Gasteiger partial charge in [0.15, 0.2) is 5.78 Å². The van der Waals surface area contributed by atoms with Gasteiger partial charge in [0.25, 0.3) is 0 Å². The van der Waals surface area contributed by atoms with Gasteiger partial charge >= 0.3 is 6.18 Å². The van der Waals surface area contributed by atoms with Crippen LogP contribution in [0.15, 0.2) is 42.5 Å². The number of hydrogen-bond donors (Lipinski definition) is 2. The first-order valence-electron chi connectivity index (χ1n) is 8.61. The van der Waals surface area contributed by atoms with Crippen LogP contribution in [0.5, 0.6) is 5.75 Å². The lowest BCUT2D eigenvalue weighted by atomic mass is 10.0. The van der Waals surface area contributed by atoms with Gasteiger partial charge in [0, 0.05) is 30.6 Å². The summed E-state index contributed by atoms with van der Waals surface area (Å²) in [5, 5.41) is 2.44. The minimum Gasteiger partial charge on any atom is -0.497 e. The Kier molecular flexibility index (Phi) is 7.17. The van der Waals surface area contributed by atoms with Crippen molar-refractivity contribution in [3.8, 4) is 5.75 Å². The Hall–Kier alpha value is -2.87. The van der Waals surface area contributed by atoms with Crippen molar-refractivity contribution in [3.05, 3.63) is 59.2 Å². The molecule has 28 heavy (non-hydrogen) atoms. The van der Waals surface area contributed by atoms with Crippen LogP contribution in [0.2, 0.25) is 0 Å². The minimum atomic E-state index is -4.53. The van der Waals surface area contributed by atoms with E-state index in [0.29, 0.717) is 11.3 Å². The lowest BCUT2D eigenvalue weighted by Gasteiger charge is -2.12. The van der Waals surface area contributed by atoms with Crippen LogP contribution in [0.3, 0.4) is 0 Å². The molecule has 2 aromatic carbocycles. The van der Waals surface area contributed by atoms with Crippen LogP contribution in [-0.4, -0.2) is 18.8 Å². The molecule has 5 nitrogen and oxygen atoms in total. The van der Waals surface area contributed by atoms with E-state index >= 15 is 0 Å². The van der Waals surface area contributed by atoms with Gasteiger partial charge in [0.05, 0.1) is 12.7 Å². The number of carbonyl (C=O) groups excluding carboxylic acids is 2. The Labute approximate surface area is 160 Å². The fourth-order valence-corrected chi connectivity index (χ4v) is 2.60. The van der Waals surface area contributed by atoms with E-state index in [0.717, 1.165) is 12.1 Å². The summed E-state index contributed by atoms with van der Waals surface area (Å²) in [5.41, 5.74) is 5.35. The van der Waals surface area contributed by atoms with E-state index in [1.165, 1.54) is 13.2 Å². The molecule has 2 aromatic rings. The standard InChI is InChI=1S/C20H21F3N2O3/c1-28-17-7-5-14(6-8-17)18(26)3-2-4-19(27)25-16-10-13(12-24)9-15(11-16)20(21,22)23/h5-11H,2-4,12,24H2,1H3,(H,25,27). The molecule has 0 atom stereocenters. The predicted octanol–water partition coefficient (Wildman–Crippen LogP) is 4.16. The van der Waals surface area contributed by atoms with Gasteiger partial charge in [-0.15, -0.1) is 0 Å². The van der Waals surface area contributed by atoms with Crippen molar-refractivity contribution in [2.75, 3.05) is 12.4 Å². The number of amides is 1. The van der Waals surface area contributed by atoms with Crippen LogP contribution in [0.4, 0.5) is 18.9 Å². The molecule has 0 bridgehead atoms. The molecule has 0 fully saturated rings. The third-order valence-electron chi connectivity index (χ3n) is 4.06. The summed E-state index contributed by atoms with van der Waals surface area (Å²) in [6, 6.07) is 9.82. The quantitative estimate of drug-likeness (QED) is 0.659. The van der Waals surface area contributed by atoms with E-state index in [1.54, 1.807) is 24.3 Å². The van der Waals surface area contributed by atoms with E-state index in [2.05, 4.69) is 5.32 Å². The summed E-state index contributed by atoms with van der Waals surface area (Å²) in [7, 11) is 1.52. The molecule has 0 heterocycles. The first-order chi connectivity index (χ1) is 13.2. The number of halogens is 3. The minimum absolute atomic E-state index is 0.0100. The Bertz CT molecular complexity index is 834. The topological polar surface area (TPSA) is 81.4 Å². The fraction of sp³-hybridized carbons (Fsp3) is 0.300. The zero-order chi connectivity index (χ0) is 20.7. The van der Waals surface area contributed by atoms with Crippen molar-refractivity contribution in [3.63, 3.8) is 0 Å². The van der Waals surface area contributed by atoms with Crippen LogP contribution in [0, 0.1) is 0 Å². The number of benzene rings is 2. The van der Waals surface area contributed by atoms with E-state index in [9.17, 15) is 22.8 Å². The molecular formula is C20H21F3N2O3. The van der Waals surface area contributed by atoms with Crippen molar-refractivity contribution < 1.29 is 27.5 Å². The monoisotopic (exact) mass is 394 g/mol. The number of methoxy groups -OCH3 is 1. The van der Waals surface area contributed by atoms with Gasteiger partial charge in [-0.1, -0.05) is 0 Å². The summed E-state index contributed by atoms with van der Waals surface area (Å²) in [6.45, 7) is -0.0802. The Morgan fingerprint density at radius 2 is 1.75 bits per heavy atom. The predicted molar refractivity (Wildman–Crippen MR) is 99.1 cm³/mol. The molecule has 0 aromatic heterocycles. The number of rotatable bonds is 8. The number of ketones is 1. The van der Waals surface area contributed by atoms with Gasteiger partial charge in [-0.05, 0) is 54.4 Å². The van der Waals surface area contributed by atoms with Crippen molar-refractivity contribution in [2.45, 2.75) is 32.0 Å². The van der Waals surface area contributed by atoms with Crippen LogP contribution in [0.1, 0.15) is 40.7 Å². The second kappa shape index (κ2) is 9.36. The van der Waals surface area contributed by atoms with E-state index < -0.39 is 17.6 Å². The van der Waals surface area contributed by atoms with Crippen molar-refractivity contribution >= 4 is 17.4 Å². The Balaban J connectivity index is 1.90. The lowest BCUT2D eigenvalue weighted by molar-refractivity contribution is -0.137. The van der Waals surface area contributed by atoms with Crippen LogP contribution >= 0.6 is 0 Å². The first kappa shape index (κ1) is 21.4. The third kappa shape index (κ3) is 6.09. The average molecular weight is 394 g/mol. The van der Waals surface area contributed by atoms with E-state index in [-0.39, 0.29) is 42.8 Å². The highest BCUT2D eigenvalue weighted by Crippen LogP contribution is 2.32. The zero-order valence-electron chi connectivity index (χ0n) is 15.3. The first-order valence-corrected chi connectivity index (χ1v) is 8.61. The average Bonchev–Trinajstić information content (AvgIpc) is 2.66. The zero-order valence-corrected chi connectivity index (χ0v) is 15.3. The fourth-order valence-electron chi connectivity index (χ4n) is 2.60. The smallest absolute Gasteiger partial charge is 0.416 e. The number of Topliss-reactive ketones (excluding diaryl/α,β-unsaturated/α-hetero) is 1. The molecular weight excluding hydrogens is 373 g/mol. The van der Waals surface area contributed by atoms with Crippen LogP contribution in [-0.2, 0) is 17.5 Å². The molecule has 1 amide bonds. The van der Waals surface area contributed by atoms with Gasteiger partial charge in [0.1, 0.15) is 5.75 Å². The van der Waals surface area contributed by atoms with Gasteiger partial charge < -0.3 is 15.8 Å². The highest BCUT2D eigenvalue weighted by Gasteiger charge is 2.31. The molecule has 3 N–H and O–H groups in total. The van der Waals surface area contributed by atoms with Gasteiger partial charge in [-0.3, -0.25) is 9.59 Å². The molecule has 0 spiro atoms. The van der Waals surface area contributed by atoms with Gasteiger partial charge in [0.2, 0.25) is 5.91 Å². The molecule has 0 radical (unpaired) electrons. The molecule has 0 saturated heterocycles. The Morgan fingerprint density at radius 1 is 1.07 bits per heavy atom. The third-order valence-corrected chi connectivity index (χ3v) is 4.06. The maximum atomic E-state index is 12.9. The Morgan fingerprint density at radius 3 is 2.32 bits per heavy atom. The van der Waals surface area contributed by atoms with Gasteiger partial charge in [-0.25, -0.2) is 0 Å². The molecule has 2 rings (SSSR count). The number of nitrogens with two attached hydrogens (primary N) is 1. The summed E-state index contributed by atoms with van der Waals surface area (Å²) in [4.78, 5) is 24.1. The van der Waals surface area contributed by atoms with Crippen LogP contribution in [0.25, 0.3) is 0 Å². The SMILES string of the molecule is COc1ccc(C(=O)CCCC(=O)Nc2cc(CN)cc(C(F)(F)F)c2)cc1. The highest BCUT2D eigenvalue weighted by molar-refractivity contribution is 5.97. The number of hydrogen-bond acceptors (Lipinski definition) is 4. The number of carbonyl (C=O) groups is 2. The maximum absolute atomic E-state index is 12.9. The number of nitrogens with one attached hydrogen (secondary N) is 1. The molecule has 0 aliphatic rings. The van der Waals surface area contributed by atoms with Crippen molar-refractivity contribution in [1.29, 1.82) is 0 Å². The van der Waals surface area contributed by atoms with E-state index in [4.69, 9.17) is 10.5 Å². The number of ether oxygens (including phenoxy) is 1. The van der Waals surface area contributed by atoms with E-state index in [1.807, 2.05) is 0 Å². The lowest BCUT2D eigenvalue weighted by Crippen LogP contribution is -2.14. The highest BCUT2D eigenvalue weighted by atomic mass is 19.4. The largest absolute Gasteiger partial charge is 0.497 e. The summed E-state index contributed by atoms with van der Waals surface area (Å²) >= 11 is 0. The second-order valence-electron chi connectivity index (χ2n) is 6.17. The second-order valence-corrected chi connectivity index (χ2v) is 6.17. The van der Waals surface area contributed by atoms with Crippen molar-refractivity contribution in [2.24, 2.45) is 5.73 Å². The van der Waals surface area contributed by atoms with Crippen LogP contribution < -0.4 is 15.8 Å². The summed E-state index contributed by atoms with van der Waals surface area (Å²) in [5.74, 6) is 0.0404. The number of anilines is 1. The van der Waals surface area contributed by atoms with Gasteiger partial charge in [-0.2, -0.15) is 13.2 Å². The summed E-state index contributed by atoms with van der Waals surface area (Å²) < 4.78 is 43.8. The molecule has 0 aliphatic carbocycles. The number of alkyl halides is 3. The molecule has 8 heteroatoms. The molecule has 0 unspecified atom stereocenters.